The number of carbonyl (C=O) groups excluding carboxylic acids is 3. The molecule has 1 saturated heterocycles. The Morgan fingerprint density at radius 3 is 2.28 bits per heavy atom. The summed E-state index contributed by atoms with van der Waals surface area (Å²) in [4.78, 5) is 38.4. The molecule has 0 aromatic heterocycles. The van der Waals surface area contributed by atoms with Crippen molar-refractivity contribution in [2.24, 2.45) is 0 Å². The molecule has 1 fully saturated rings. The van der Waals surface area contributed by atoms with E-state index in [1.807, 2.05) is 50.2 Å². The second-order valence-electron chi connectivity index (χ2n) is 8.48. The first-order valence-corrected chi connectivity index (χ1v) is 11.4. The number of urea groups is 1. The molecule has 1 aliphatic rings. The Labute approximate surface area is 209 Å². The molecule has 36 heavy (non-hydrogen) atoms. The first-order valence-electron chi connectivity index (χ1n) is 11.4. The molecule has 1 heterocycles. The summed E-state index contributed by atoms with van der Waals surface area (Å²) in [6, 6.07) is 19.8. The molecule has 0 bridgehead atoms. The number of ether oxygens (including phenoxy) is 2. The molecule has 3 aromatic carbocycles. The first-order chi connectivity index (χ1) is 17.3. The average Bonchev–Trinajstić information content (AvgIpc) is 3.12. The van der Waals surface area contributed by atoms with Crippen molar-refractivity contribution >= 4 is 29.6 Å². The van der Waals surface area contributed by atoms with Crippen molar-refractivity contribution in [1.82, 2.24) is 10.2 Å². The van der Waals surface area contributed by atoms with Crippen molar-refractivity contribution in [2.45, 2.75) is 20.5 Å². The molecule has 1 aliphatic heterocycles. The van der Waals surface area contributed by atoms with E-state index in [0.717, 1.165) is 16.0 Å². The van der Waals surface area contributed by atoms with E-state index in [4.69, 9.17) is 9.47 Å². The molecular weight excluding hydrogens is 458 g/mol. The van der Waals surface area contributed by atoms with Gasteiger partial charge in [-0.1, -0.05) is 53.6 Å². The molecule has 0 atom stereocenters. The molecule has 4 rings (SSSR count). The average molecular weight is 486 g/mol. The Balaban J connectivity index is 1.42. The topological polar surface area (TPSA) is 97.0 Å². The van der Waals surface area contributed by atoms with Crippen LogP contribution in [0.5, 0.6) is 11.5 Å². The number of hydrogen-bond donors (Lipinski definition) is 2. The predicted octanol–water partition coefficient (Wildman–Crippen LogP) is 4.42. The number of hydrogen-bond acceptors (Lipinski definition) is 5. The minimum atomic E-state index is -0.657. The lowest BCUT2D eigenvalue weighted by Crippen LogP contribution is -2.38. The summed E-state index contributed by atoms with van der Waals surface area (Å²) in [5, 5.41) is 5.22. The third kappa shape index (κ3) is 5.90. The Hall–Kier alpha value is -4.59. The van der Waals surface area contributed by atoms with Gasteiger partial charge in [0.05, 0.1) is 7.11 Å². The maximum atomic E-state index is 12.8. The highest BCUT2D eigenvalue weighted by Crippen LogP contribution is 2.30. The van der Waals surface area contributed by atoms with Crippen LogP contribution >= 0.6 is 0 Å². The van der Waals surface area contributed by atoms with E-state index < -0.39 is 24.4 Å². The summed E-state index contributed by atoms with van der Waals surface area (Å²) in [5.74, 6) is -0.0166. The Bertz CT molecular complexity index is 1310. The lowest BCUT2D eigenvalue weighted by molar-refractivity contribution is -0.127. The van der Waals surface area contributed by atoms with Crippen molar-refractivity contribution < 1.29 is 23.9 Å². The number of imide groups is 1. The van der Waals surface area contributed by atoms with Crippen LogP contribution in [0.25, 0.3) is 6.08 Å². The van der Waals surface area contributed by atoms with Crippen molar-refractivity contribution in [3.8, 4) is 11.5 Å². The van der Waals surface area contributed by atoms with Crippen molar-refractivity contribution in [2.75, 3.05) is 19.0 Å². The van der Waals surface area contributed by atoms with Crippen molar-refractivity contribution in [3.63, 3.8) is 0 Å². The number of nitrogens with zero attached hydrogens (tertiary/aromatic N) is 1. The van der Waals surface area contributed by atoms with Crippen LogP contribution in [-0.2, 0) is 16.2 Å². The molecule has 184 valence electrons. The molecule has 0 aliphatic carbocycles. The summed E-state index contributed by atoms with van der Waals surface area (Å²) < 4.78 is 11.4. The highest BCUT2D eigenvalue weighted by molar-refractivity contribution is 6.15. The zero-order valence-corrected chi connectivity index (χ0v) is 20.3. The number of benzene rings is 3. The number of carbonyl (C=O) groups is 3. The third-order valence-corrected chi connectivity index (χ3v) is 5.61. The lowest BCUT2D eigenvalue weighted by atomic mass is 10.1. The highest BCUT2D eigenvalue weighted by Gasteiger charge is 2.35. The fourth-order valence-electron chi connectivity index (χ4n) is 3.60. The molecule has 0 radical (unpaired) electrons. The van der Waals surface area contributed by atoms with Crippen LogP contribution < -0.4 is 20.1 Å². The fraction of sp³-hybridized carbons (Fsp3) is 0.179. The first kappa shape index (κ1) is 24.5. The van der Waals surface area contributed by atoms with Gasteiger partial charge in [0.2, 0.25) is 5.91 Å². The van der Waals surface area contributed by atoms with Gasteiger partial charge in [-0.3, -0.25) is 9.59 Å². The van der Waals surface area contributed by atoms with Crippen molar-refractivity contribution in [3.05, 3.63) is 94.7 Å². The Kier molecular flexibility index (Phi) is 7.34. The molecule has 8 heteroatoms. The van der Waals surface area contributed by atoms with E-state index in [0.29, 0.717) is 29.4 Å². The van der Waals surface area contributed by atoms with Crippen LogP contribution in [0.2, 0.25) is 0 Å². The summed E-state index contributed by atoms with van der Waals surface area (Å²) in [5.41, 5.74) is 4.54. The summed E-state index contributed by atoms with van der Waals surface area (Å²) >= 11 is 0. The zero-order chi connectivity index (χ0) is 25.7. The molecule has 0 saturated carbocycles. The van der Waals surface area contributed by atoms with E-state index in [-0.39, 0.29) is 5.70 Å². The zero-order valence-electron chi connectivity index (χ0n) is 20.3. The smallest absolute Gasteiger partial charge is 0.329 e. The second kappa shape index (κ2) is 10.8. The molecule has 0 unspecified atom stereocenters. The van der Waals surface area contributed by atoms with Gasteiger partial charge in [-0.15, -0.1) is 0 Å². The van der Waals surface area contributed by atoms with E-state index >= 15 is 0 Å². The van der Waals surface area contributed by atoms with Crippen LogP contribution in [0.15, 0.2) is 72.4 Å². The van der Waals surface area contributed by atoms with Crippen LogP contribution in [0.3, 0.4) is 0 Å². The minimum absolute atomic E-state index is 0.0681. The van der Waals surface area contributed by atoms with Gasteiger partial charge < -0.3 is 20.1 Å². The van der Waals surface area contributed by atoms with Crippen LogP contribution in [0.1, 0.15) is 22.3 Å². The number of nitrogens with one attached hydrogen (secondary N) is 2. The maximum absolute atomic E-state index is 12.8. The van der Waals surface area contributed by atoms with Gasteiger partial charge in [0.1, 0.15) is 18.8 Å². The van der Waals surface area contributed by atoms with Crippen LogP contribution in [0, 0.1) is 13.8 Å². The normalized spacial score (nSPS) is 14.1. The molecule has 0 spiro atoms. The van der Waals surface area contributed by atoms with Gasteiger partial charge >= 0.3 is 6.03 Å². The van der Waals surface area contributed by atoms with Crippen molar-refractivity contribution in [1.29, 1.82) is 0 Å². The molecule has 2 N–H and O–H groups in total. The summed E-state index contributed by atoms with van der Waals surface area (Å²) in [6.45, 7) is 3.95. The number of amides is 4. The second-order valence-corrected chi connectivity index (χ2v) is 8.48. The molecular formula is C28H27N3O5. The molecule has 4 amide bonds. The maximum Gasteiger partial charge on any atom is 0.329 e. The summed E-state index contributed by atoms with van der Waals surface area (Å²) in [7, 11) is 1.53. The highest BCUT2D eigenvalue weighted by atomic mass is 16.5. The van der Waals surface area contributed by atoms with Gasteiger partial charge in [-0.2, -0.15) is 0 Å². The number of methoxy groups -OCH3 is 1. The monoisotopic (exact) mass is 485 g/mol. The molecule has 8 nitrogen and oxygen atoms in total. The molecule has 3 aromatic rings. The van der Waals surface area contributed by atoms with Gasteiger partial charge in [0, 0.05) is 5.69 Å². The van der Waals surface area contributed by atoms with Crippen LogP contribution in [0.4, 0.5) is 10.5 Å². The van der Waals surface area contributed by atoms with E-state index in [1.165, 1.54) is 18.7 Å². The third-order valence-electron chi connectivity index (χ3n) is 5.61. The number of aryl methyl sites for hydroxylation is 2. The van der Waals surface area contributed by atoms with Gasteiger partial charge in [-0.25, -0.2) is 9.69 Å². The Morgan fingerprint density at radius 2 is 1.61 bits per heavy atom. The van der Waals surface area contributed by atoms with Gasteiger partial charge in [-0.05, 0) is 55.3 Å². The number of anilines is 1. The quantitative estimate of drug-likeness (QED) is 0.364. The fourth-order valence-corrected chi connectivity index (χ4v) is 3.60. The largest absolute Gasteiger partial charge is 0.493 e. The predicted molar refractivity (Wildman–Crippen MR) is 137 cm³/mol. The van der Waals surface area contributed by atoms with Gasteiger partial charge in [0.15, 0.2) is 11.5 Å². The van der Waals surface area contributed by atoms with Crippen LogP contribution in [-0.4, -0.2) is 36.4 Å². The standard InChI is InChI=1S/C28H27N3O5/c1-18-4-8-20(9-5-18)17-36-24-13-10-21(15-25(24)35-3)14-23-27(33)31(28(34)30-23)16-26(32)29-22-11-6-19(2)7-12-22/h4-15H,16-17H2,1-3H3,(H,29,32)(H,30,34)/b23-14+. The number of rotatable bonds is 8. The van der Waals surface area contributed by atoms with Gasteiger partial charge in [0.25, 0.3) is 5.91 Å². The SMILES string of the molecule is COc1cc(/C=C2/NC(=O)N(CC(=O)Nc3ccc(C)cc3)C2=O)ccc1OCc1ccc(C)cc1. The van der Waals surface area contributed by atoms with E-state index in [9.17, 15) is 14.4 Å². The Morgan fingerprint density at radius 1 is 0.944 bits per heavy atom. The lowest BCUT2D eigenvalue weighted by Gasteiger charge is -2.12. The summed E-state index contributed by atoms with van der Waals surface area (Å²) in [6.07, 6.45) is 1.53. The van der Waals surface area contributed by atoms with E-state index in [2.05, 4.69) is 10.6 Å². The minimum Gasteiger partial charge on any atom is -0.493 e. The van der Waals surface area contributed by atoms with E-state index in [1.54, 1.807) is 30.3 Å².